The molecule has 1 aliphatic heterocycles. The Hall–Kier alpha value is -3.02. The summed E-state index contributed by atoms with van der Waals surface area (Å²) in [5, 5.41) is 6.28. The number of nitrogens with zero attached hydrogens (tertiary/aromatic N) is 3. The second kappa shape index (κ2) is 9.45. The highest BCUT2D eigenvalue weighted by Crippen LogP contribution is 2.23. The van der Waals surface area contributed by atoms with E-state index in [0.29, 0.717) is 6.54 Å². The minimum absolute atomic E-state index is 0.0624. The number of hydrogen-bond acceptors (Lipinski definition) is 3. The summed E-state index contributed by atoms with van der Waals surface area (Å²) in [4.78, 5) is 20.5. The molecule has 0 spiro atoms. The van der Waals surface area contributed by atoms with Gasteiger partial charge in [0.15, 0.2) is 5.96 Å². The number of rotatable bonds is 4. The zero-order valence-corrected chi connectivity index (χ0v) is 17.8. The molecule has 0 atom stereocenters. The summed E-state index contributed by atoms with van der Waals surface area (Å²) in [5.41, 5.74) is 5.95. The lowest BCUT2D eigenvalue weighted by Gasteiger charge is -2.38. The molecule has 1 amide bonds. The first-order valence-corrected chi connectivity index (χ1v) is 10.1. The minimum Gasteiger partial charge on any atom is -0.368 e. The quantitative estimate of drug-likeness (QED) is 0.619. The lowest BCUT2D eigenvalue weighted by molar-refractivity contribution is -0.114. The Morgan fingerprint density at radius 2 is 1.79 bits per heavy atom. The monoisotopic (exact) mass is 393 g/mol. The summed E-state index contributed by atoms with van der Waals surface area (Å²) in [6.07, 6.45) is 0. The average Bonchev–Trinajstić information content (AvgIpc) is 2.71. The number of piperazine rings is 1. The zero-order valence-electron chi connectivity index (χ0n) is 17.8. The van der Waals surface area contributed by atoms with Gasteiger partial charge in [-0.25, -0.2) is 0 Å². The van der Waals surface area contributed by atoms with Crippen molar-refractivity contribution in [2.75, 3.05) is 43.4 Å². The molecule has 0 aromatic heterocycles. The van der Waals surface area contributed by atoms with E-state index in [1.165, 1.54) is 23.7 Å². The van der Waals surface area contributed by atoms with Gasteiger partial charge in [-0.2, -0.15) is 0 Å². The molecule has 1 aliphatic rings. The van der Waals surface area contributed by atoms with Crippen LogP contribution in [0.2, 0.25) is 0 Å². The lowest BCUT2D eigenvalue weighted by atomic mass is 10.1. The van der Waals surface area contributed by atoms with Gasteiger partial charge in [0, 0.05) is 58.1 Å². The van der Waals surface area contributed by atoms with E-state index in [4.69, 9.17) is 0 Å². The standard InChI is InChI=1S/C23H31N5O/c1-17-7-5-10-22(18(17)2)27-11-13-28(14-12-27)23(24-4)25-16-20-8-6-9-21(15-20)26-19(3)29/h5-10,15H,11-14,16H2,1-4H3,(H,24,25)(H,26,29). The molecule has 154 valence electrons. The number of amides is 1. The summed E-state index contributed by atoms with van der Waals surface area (Å²) >= 11 is 0. The van der Waals surface area contributed by atoms with Crippen molar-refractivity contribution in [3.05, 3.63) is 59.2 Å². The number of aliphatic imine (C=N–C) groups is 1. The van der Waals surface area contributed by atoms with E-state index >= 15 is 0 Å². The molecule has 0 radical (unpaired) electrons. The van der Waals surface area contributed by atoms with Crippen molar-refractivity contribution in [2.45, 2.75) is 27.3 Å². The number of aryl methyl sites for hydroxylation is 1. The van der Waals surface area contributed by atoms with Crippen LogP contribution >= 0.6 is 0 Å². The predicted octanol–water partition coefficient (Wildman–Crippen LogP) is 3.16. The van der Waals surface area contributed by atoms with Gasteiger partial charge < -0.3 is 20.4 Å². The van der Waals surface area contributed by atoms with Gasteiger partial charge in [0.25, 0.3) is 0 Å². The van der Waals surface area contributed by atoms with Gasteiger partial charge >= 0.3 is 0 Å². The summed E-state index contributed by atoms with van der Waals surface area (Å²) in [6.45, 7) is 10.4. The van der Waals surface area contributed by atoms with Crippen molar-refractivity contribution in [3.63, 3.8) is 0 Å². The molecule has 6 nitrogen and oxygen atoms in total. The van der Waals surface area contributed by atoms with E-state index in [1.54, 1.807) is 0 Å². The van der Waals surface area contributed by atoms with Crippen molar-refractivity contribution in [1.82, 2.24) is 10.2 Å². The predicted molar refractivity (Wildman–Crippen MR) is 121 cm³/mol. The number of nitrogens with one attached hydrogen (secondary N) is 2. The van der Waals surface area contributed by atoms with Gasteiger partial charge in [-0.05, 0) is 48.7 Å². The van der Waals surface area contributed by atoms with Crippen molar-refractivity contribution in [2.24, 2.45) is 4.99 Å². The van der Waals surface area contributed by atoms with Gasteiger partial charge in [0.1, 0.15) is 0 Å². The first kappa shape index (κ1) is 20.7. The van der Waals surface area contributed by atoms with Crippen molar-refractivity contribution in [1.29, 1.82) is 0 Å². The number of carbonyl (C=O) groups is 1. The highest BCUT2D eigenvalue weighted by Gasteiger charge is 2.21. The van der Waals surface area contributed by atoms with Crippen molar-refractivity contribution in [3.8, 4) is 0 Å². The number of benzene rings is 2. The van der Waals surface area contributed by atoms with Crippen LogP contribution in [-0.2, 0) is 11.3 Å². The van der Waals surface area contributed by atoms with E-state index in [9.17, 15) is 4.79 Å². The normalized spacial score (nSPS) is 14.7. The average molecular weight is 394 g/mol. The van der Waals surface area contributed by atoms with Crippen molar-refractivity contribution < 1.29 is 4.79 Å². The molecule has 1 heterocycles. The number of anilines is 2. The molecule has 0 saturated carbocycles. The molecule has 0 bridgehead atoms. The Balaban J connectivity index is 1.57. The Kier molecular flexibility index (Phi) is 6.75. The minimum atomic E-state index is -0.0624. The van der Waals surface area contributed by atoms with Crippen LogP contribution in [0.4, 0.5) is 11.4 Å². The fourth-order valence-corrected chi connectivity index (χ4v) is 3.71. The third-order valence-electron chi connectivity index (χ3n) is 5.41. The van der Waals surface area contributed by atoms with Crippen LogP contribution in [0.25, 0.3) is 0 Å². The van der Waals surface area contributed by atoms with Gasteiger partial charge in [-0.3, -0.25) is 9.79 Å². The lowest BCUT2D eigenvalue weighted by Crippen LogP contribution is -2.52. The van der Waals surface area contributed by atoms with E-state index in [0.717, 1.165) is 43.4 Å². The summed E-state index contributed by atoms with van der Waals surface area (Å²) in [5.74, 6) is 0.850. The van der Waals surface area contributed by atoms with E-state index in [2.05, 4.69) is 57.5 Å². The number of carbonyl (C=O) groups excluding carboxylic acids is 1. The third-order valence-corrected chi connectivity index (χ3v) is 5.41. The summed E-state index contributed by atoms with van der Waals surface area (Å²) in [6, 6.07) is 14.4. The topological polar surface area (TPSA) is 60.0 Å². The maximum atomic E-state index is 11.3. The molecule has 2 N–H and O–H groups in total. The second-order valence-electron chi connectivity index (χ2n) is 7.48. The van der Waals surface area contributed by atoms with Crippen LogP contribution in [0.15, 0.2) is 47.5 Å². The van der Waals surface area contributed by atoms with Crippen LogP contribution in [0.1, 0.15) is 23.6 Å². The SMILES string of the molecule is CN=C(NCc1cccc(NC(C)=O)c1)N1CCN(c2cccc(C)c2C)CC1. The molecule has 29 heavy (non-hydrogen) atoms. The Labute approximate surface area is 173 Å². The molecule has 0 unspecified atom stereocenters. The molecule has 0 aliphatic carbocycles. The number of hydrogen-bond donors (Lipinski definition) is 2. The highest BCUT2D eigenvalue weighted by molar-refractivity contribution is 5.88. The molecule has 1 fully saturated rings. The molecule has 2 aromatic rings. The molecule has 1 saturated heterocycles. The first-order valence-electron chi connectivity index (χ1n) is 10.1. The first-order chi connectivity index (χ1) is 14.0. The van der Waals surface area contributed by atoms with Gasteiger partial charge in [-0.15, -0.1) is 0 Å². The Morgan fingerprint density at radius 1 is 1.07 bits per heavy atom. The maximum absolute atomic E-state index is 11.3. The van der Waals surface area contributed by atoms with Crippen LogP contribution in [-0.4, -0.2) is 50.0 Å². The molecular weight excluding hydrogens is 362 g/mol. The third kappa shape index (κ3) is 5.28. The molecule has 3 rings (SSSR count). The van der Waals surface area contributed by atoms with Crippen LogP contribution in [0.5, 0.6) is 0 Å². The zero-order chi connectivity index (χ0) is 20.8. The van der Waals surface area contributed by atoms with Gasteiger partial charge in [0.05, 0.1) is 0 Å². The maximum Gasteiger partial charge on any atom is 0.221 e. The Bertz CT molecular complexity index is 885. The highest BCUT2D eigenvalue weighted by atomic mass is 16.1. The Morgan fingerprint density at radius 3 is 2.48 bits per heavy atom. The van der Waals surface area contributed by atoms with Crippen molar-refractivity contribution >= 4 is 23.2 Å². The van der Waals surface area contributed by atoms with Crippen LogP contribution < -0.4 is 15.5 Å². The molecule has 6 heteroatoms. The van der Waals surface area contributed by atoms with E-state index in [-0.39, 0.29) is 5.91 Å². The van der Waals surface area contributed by atoms with Gasteiger partial charge in [-0.1, -0.05) is 24.3 Å². The summed E-state index contributed by atoms with van der Waals surface area (Å²) in [7, 11) is 1.83. The number of guanidine groups is 1. The summed E-state index contributed by atoms with van der Waals surface area (Å²) < 4.78 is 0. The molecule has 2 aromatic carbocycles. The second-order valence-corrected chi connectivity index (χ2v) is 7.48. The molecular formula is C23H31N5O. The smallest absolute Gasteiger partial charge is 0.221 e. The van der Waals surface area contributed by atoms with E-state index < -0.39 is 0 Å². The van der Waals surface area contributed by atoms with Crippen LogP contribution in [0.3, 0.4) is 0 Å². The fraction of sp³-hybridized carbons (Fsp3) is 0.391. The van der Waals surface area contributed by atoms with Gasteiger partial charge in [0.2, 0.25) is 5.91 Å². The fourth-order valence-electron chi connectivity index (χ4n) is 3.71. The van der Waals surface area contributed by atoms with E-state index in [1.807, 2.05) is 31.3 Å². The van der Waals surface area contributed by atoms with Crippen LogP contribution in [0, 0.1) is 13.8 Å². The largest absolute Gasteiger partial charge is 0.368 e.